The molecule has 5 nitrogen and oxygen atoms in total. The maximum atomic E-state index is 12.1. The van der Waals surface area contributed by atoms with Crippen LogP contribution in [0.15, 0.2) is 23.1 Å². The van der Waals surface area contributed by atoms with E-state index >= 15 is 0 Å². The average Bonchev–Trinajstić information content (AvgIpc) is 2.80. The number of nitrogens with zero attached hydrogens (tertiary/aromatic N) is 1. The van der Waals surface area contributed by atoms with Crippen LogP contribution >= 0.6 is 0 Å². The molecule has 0 radical (unpaired) electrons. The van der Waals surface area contributed by atoms with Crippen molar-refractivity contribution in [2.45, 2.75) is 17.7 Å². The zero-order valence-corrected chi connectivity index (χ0v) is 11.0. The topological polar surface area (TPSA) is 80.5 Å². The van der Waals surface area contributed by atoms with Crippen LogP contribution < -0.4 is 5.73 Å². The minimum absolute atomic E-state index is 0.120. The van der Waals surface area contributed by atoms with Gasteiger partial charge in [-0.15, -0.1) is 0 Å². The summed E-state index contributed by atoms with van der Waals surface area (Å²) in [5, 5.41) is 0. The molecule has 1 heterocycles. The number of carbonyl (C=O) groups excluding carboxylic acids is 1. The Morgan fingerprint density at radius 1 is 1.28 bits per heavy atom. The molecule has 1 aliphatic heterocycles. The Kier molecular flexibility index (Phi) is 3.30. The van der Waals surface area contributed by atoms with Crippen LogP contribution in [0.2, 0.25) is 0 Å². The van der Waals surface area contributed by atoms with E-state index < -0.39 is 9.84 Å². The quantitative estimate of drug-likeness (QED) is 0.808. The molecule has 1 fully saturated rings. The van der Waals surface area contributed by atoms with Crippen LogP contribution in [0.5, 0.6) is 0 Å². The van der Waals surface area contributed by atoms with Crippen LogP contribution in [-0.2, 0) is 9.84 Å². The van der Waals surface area contributed by atoms with Crippen molar-refractivity contribution < 1.29 is 13.2 Å². The minimum Gasteiger partial charge on any atom is -0.398 e. The fourth-order valence-electron chi connectivity index (χ4n) is 2.06. The summed E-state index contributed by atoms with van der Waals surface area (Å²) in [5.74, 6) is -0.120. The van der Waals surface area contributed by atoms with Gasteiger partial charge in [-0.3, -0.25) is 4.79 Å². The molecule has 1 aromatic rings. The van der Waals surface area contributed by atoms with E-state index in [1.807, 2.05) is 0 Å². The summed E-state index contributed by atoms with van der Waals surface area (Å²) in [5.41, 5.74) is 6.37. The molecule has 0 unspecified atom stereocenters. The molecule has 6 heteroatoms. The summed E-state index contributed by atoms with van der Waals surface area (Å²) in [7, 11) is -3.29. The Balaban J connectivity index is 2.33. The molecule has 0 saturated carbocycles. The van der Waals surface area contributed by atoms with Gasteiger partial charge in [-0.1, -0.05) is 0 Å². The van der Waals surface area contributed by atoms with E-state index in [9.17, 15) is 13.2 Å². The molecule has 2 N–H and O–H groups in total. The van der Waals surface area contributed by atoms with Gasteiger partial charge in [0.05, 0.1) is 10.5 Å². The number of hydrogen-bond donors (Lipinski definition) is 1. The molecule has 0 spiro atoms. The van der Waals surface area contributed by atoms with E-state index in [0.29, 0.717) is 5.56 Å². The third-order valence-electron chi connectivity index (χ3n) is 3.07. The van der Waals surface area contributed by atoms with Gasteiger partial charge in [0.15, 0.2) is 9.84 Å². The monoisotopic (exact) mass is 268 g/mol. The fourth-order valence-corrected chi connectivity index (χ4v) is 2.71. The lowest BCUT2D eigenvalue weighted by Gasteiger charge is -2.16. The predicted molar refractivity (Wildman–Crippen MR) is 69.1 cm³/mol. The Morgan fingerprint density at radius 2 is 1.89 bits per heavy atom. The standard InChI is InChI=1S/C12H16N2O3S/c1-18(16,17)9-4-5-10(11(13)8-9)12(15)14-6-2-3-7-14/h4-5,8H,2-3,6-7,13H2,1H3. The van der Waals surface area contributed by atoms with E-state index in [0.717, 1.165) is 32.2 Å². The highest BCUT2D eigenvalue weighted by Gasteiger charge is 2.22. The first-order valence-corrected chi connectivity index (χ1v) is 7.67. The summed E-state index contributed by atoms with van der Waals surface area (Å²) < 4.78 is 22.7. The van der Waals surface area contributed by atoms with Gasteiger partial charge < -0.3 is 10.6 Å². The molecule has 0 aliphatic carbocycles. The maximum Gasteiger partial charge on any atom is 0.255 e. The summed E-state index contributed by atoms with van der Waals surface area (Å²) in [6.45, 7) is 1.48. The van der Waals surface area contributed by atoms with Gasteiger partial charge in [-0.25, -0.2) is 8.42 Å². The minimum atomic E-state index is -3.29. The summed E-state index contributed by atoms with van der Waals surface area (Å²) in [6, 6.07) is 4.26. The number of likely N-dealkylation sites (tertiary alicyclic amines) is 1. The lowest BCUT2D eigenvalue weighted by Crippen LogP contribution is -2.28. The normalized spacial score (nSPS) is 15.9. The maximum absolute atomic E-state index is 12.1. The number of hydrogen-bond acceptors (Lipinski definition) is 4. The number of amides is 1. The molecule has 1 amide bonds. The number of benzene rings is 1. The second-order valence-electron chi connectivity index (χ2n) is 4.52. The number of nitrogen functional groups attached to an aromatic ring is 1. The number of carbonyl (C=O) groups is 1. The SMILES string of the molecule is CS(=O)(=O)c1ccc(C(=O)N2CCCC2)c(N)c1. The highest BCUT2D eigenvalue weighted by Crippen LogP contribution is 2.21. The molecule has 2 rings (SSSR count). The molecule has 0 aromatic heterocycles. The molecule has 0 atom stereocenters. The van der Waals surface area contributed by atoms with Crippen molar-refractivity contribution in [3.63, 3.8) is 0 Å². The van der Waals surface area contributed by atoms with E-state index in [1.165, 1.54) is 18.2 Å². The van der Waals surface area contributed by atoms with Crippen LogP contribution in [0.1, 0.15) is 23.2 Å². The highest BCUT2D eigenvalue weighted by atomic mass is 32.2. The predicted octanol–water partition coefficient (Wildman–Crippen LogP) is 0.908. The van der Waals surface area contributed by atoms with Crippen LogP contribution in [0.25, 0.3) is 0 Å². The average molecular weight is 268 g/mol. The molecule has 18 heavy (non-hydrogen) atoms. The largest absolute Gasteiger partial charge is 0.398 e. The Labute approximate surface area is 107 Å². The second kappa shape index (κ2) is 4.61. The van der Waals surface area contributed by atoms with E-state index in [2.05, 4.69) is 0 Å². The van der Waals surface area contributed by atoms with Gasteiger partial charge in [0, 0.05) is 25.0 Å². The first kappa shape index (κ1) is 12.9. The fraction of sp³-hybridized carbons (Fsp3) is 0.417. The van der Waals surface area contributed by atoms with Crippen molar-refractivity contribution in [3.05, 3.63) is 23.8 Å². The van der Waals surface area contributed by atoms with Crippen molar-refractivity contribution >= 4 is 21.4 Å². The number of anilines is 1. The Hall–Kier alpha value is -1.56. The van der Waals surface area contributed by atoms with Crippen molar-refractivity contribution in [1.82, 2.24) is 4.90 Å². The number of nitrogens with two attached hydrogens (primary N) is 1. The molecular weight excluding hydrogens is 252 g/mol. The summed E-state index contributed by atoms with van der Waals surface area (Å²) in [4.78, 5) is 14.0. The molecule has 1 saturated heterocycles. The number of sulfone groups is 1. The molecule has 0 bridgehead atoms. The Bertz CT molecular complexity index is 575. The van der Waals surface area contributed by atoms with Crippen molar-refractivity contribution in [3.8, 4) is 0 Å². The van der Waals surface area contributed by atoms with E-state index in [-0.39, 0.29) is 16.5 Å². The molecule has 1 aliphatic rings. The van der Waals surface area contributed by atoms with Gasteiger partial charge in [0.25, 0.3) is 5.91 Å². The lowest BCUT2D eigenvalue weighted by molar-refractivity contribution is 0.0794. The molecular formula is C12H16N2O3S. The van der Waals surface area contributed by atoms with Gasteiger partial charge in [0.2, 0.25) is 0 Å². The van der Waals surface area contributed by atoms with Gasteiger partial charge in [-0.2, -0.15) is 0 Å². The van der Waals surface area contributed by atoms with Gasteiger partial charge in [0.1, 0.15) is 0 Å². The van der Waals surface area contributed by atoms with Crippen LogP contribution in [-0.4, -0.2) is 38.6 Å². The second-order valence-corrected chi connectivity index (χ2v) is 6.54. The summed E-state index contributed by atoms with van der Waals surface area (Å²) >= 11 is 0. The number of rotatable bonds is 2. The van der Waals surface area contributed by atoms with Crippen LogP contribution in [0, 0.1) is 0 Å². The van der Waals surface area contributed by atoms with E-state index in [1.54, 1.807) is 4.90 Å². The highest BCUT2D eigenvalue weighted by molar-refractivity contribution is 7.90. The third kappa shape index (κ3) is 2.48. The van der Waals surface area contributed by atoms with Crippen LogP contribution in [0.4, 0.5) is 5.69 Å². The zero-order valence-electron chi connectivity index (χ0n) is 10.2. The van der Waals surface area contributed by atoms with Gasteiger partial charge in [-0.05, 0) is 31.0 Å². The van der Waals surface area contributed by atoms with Crippen molar-refractivity contribution in [2.24, 2.45) is 0 Å². The third-order valence-corrected chi connectivity index (χ3v) is 4.19. The van der Waals surface area contributed by atoms with Crippen molar-refractivity contribution in [1.29, 1.82) is 0 Å². The first-order chi connectivity index (χ1) is 8.39. The van der Waals surface area contributed by atoms with Crippen molar-refractivity contribution in [2.75, 3.05) is 25.1 Å². The zero-order chi connectivity index (χ0) is 13.3. The lowest BCUT2D eigenvalue weighted by atomic mass is 10.1. The van der Waals surface area contributed by atoms with E-state index in [4.69, 9.17) is 5.73 Å². The summed E-state index contributed by atoms with van der Waals surface area (Å²) in [6.07, 6.45) is 3.13. The van der Waals surface area contributed by atoms with Crippen LogP contribution in [0.3, 0.4) is 0 Å². The smallest absolute Gasteiger partial charge is 0.255 e. The molecule has 1 aromatic carbocycles. The molecule has 98 valence electrons. The Morgan fingerprint density at radius 3 is 2.39 bits per heavy atom. The van der Waals surface area contributed by atoms with Gasteiger partial charge >= 0.3 is 0 Å². The first-order valence-electron chi connectivity index (χ1n) is 5.78.